The van der Waals surface area contributed by atoms with Crippen LogP contribution in [-0.4, -0.2) is 36.5 Å². The van der Waals surface area contributed by atoms with Crippen LogP contribution in [0.1, 0.15) is 42.3 Å². The lowest BCUT2D eigenvalue weighted by atomic mass is 10.0. The molecule has 1 aliphatic rings. The summed E-state index contributed by atoms with van der Waals surface area (Å²) >= 11 is 6.15. The number of nitrogens with one attached hydrogen (secondary N) is 1. The van der Waals surface area contributed by atoms with Crippen LogP contribution < -0.4 is 5.32 Å². The highest BCUT2D eigenvalue weighted by Crippen LogP contribution is 2.30. The molecule has 124 valence electrons. The molecule has 1 aromatic carbocycles. The summed E-state index contributed by atoms with van der Waals surface area (Å²) < 4.78 is 5.74. The van der Waals surface area contributed by atoms with E-state index in [0.717, 1.165) is 43.4 Å². The molecule has 0 bridgehead atoms. The summed E-state index contributed by atoms with van der Waals surface area (Å²) in [5.74, 6) is 0.243. The molecule has 0 aliphatic carbocycles. The smallest absolute Gasteiger partial charge is 0.287 e. The van der Waals surface area contributed by atoms with Gasteiger partial charge < -0.3 is 14.6 Å². The van der Waals surface area contributed by atoms with Crippen molar-refractivity contribution in [3.8, 4) is 0 Å². The first-order valence-electron chi connectivity index (χ1n) is 8.31. The van der Waals surface area contributed by atoms with Crippen LogP contribution in [0.25, 0.3) is 11.0 Å². The van der Waals surface area contributed by atoms with Crippen LogP contribution in [0.2, 0.25) is 5.02 Å². The van der Waals surface area contributed by atoms with Gasteiger partial charge in [0.1, 0.15) is 0 Å². The van der Waals surface area contributed by atoms with Gasteiger partial charge in [0.25, 0.3) is 5.91 Å². The molecule has 23 heavy (non-hydrogen) atoms. The molecule has 0 radical (unpaired) electrons. The summed E-state index contributed by atoms with van der Waals surface area (Å²) in [5.41, 5.74) is 1.44. The Bertz CT molecular complexity index is 702. The first-order chi connectivity index (χ1) is 11.1. The zero-order valence-corrected chi connectivity index (χ0v) is 14.4. The van der Waals surface area contributed by atoms with Crippen molar-refractivity contribution in [1.82, 2.24) is 10.2 Å². The van der Waals surface area contributed by atoms with Gasteiger partial charge in [-0.05, 0) is 38.8 Å². The number of nitrogens with zero attached hydrogens (tertiary/aromatic N) is 1. The second kappa shape index (κ2) is 6.93. The zero-order valence-electron chi connectivity index (χ0n) is 13.7. The number of hydrogen-bond acceptors (Lipinski definition) is 3. The van der Waals surface area contributed by atoms with E-state index in [2.05, 4.69) is 17.1 Å². The average molecular weight is 335 g/mol. The number of piperidine rings is 1. The van der Waals surface area contributed by atoms with Crippen molar-refractivity contribution in [2.75, 3.05) is 19.6 Å². The Balaban J connectivity index is 1.70. The number of rotatable bonds is 4. The summed E-state index contributed by atoms with van der Waals surface area (Å²) in [4.78, 5) is 15.0. The molecule has 1 amide bonds. The maximum absolute atomic E-state index is 12.6. The number of carbonyl (C=O) groups excluding carboxylic acids is 1. The molecule has 5 heteroatoms. The number of benzene rings is 1. The molecule has 1 aromatic heterocycles. The quantitative estimate of drug-likeness (QED) is 0.919. The van der Waals surface area contributed by atoms with Crippen molar-refractivity contribution in [2.24, 2.45) is 0 Å². The van der Waals surface area contributed by atoms with Gasteiger partial charge in [0.05, 0.1) is 5.02 Å². The number of furan rings is 1. The van der Waals surface area contributed by atoms with Gasteiger partial charge in [-0.3, -0.25) is 4.79 Å². The normalized spacial score (nSPS) is 16.8. The minimum atomic E-state index is -0.135. The first-order valence-corrected chi connectivity index (χ1v) is 8.68. The van der Waals surface area contributed by atoms with Crippen LogP contribution in [0, 0.1) is 6.92 Å². The third-order valence-electron chi connectivity index (χ3n) is 4.58. The number of hydrogen-bond donors (Lipinski definition) is 1. The topological polar surface area (TPSA) is 45.5 Å². The SMILES string of the molecule is CCCN1CCC(NC(=O)c2oc3c(Cl)cccc3c2C)CC1. The minimum absolute atomic E-state index is 0.135. The van der Waals surface area contributed by atoms with Gasteiger partial charge in [-0.1, -0.05) is 30.7 Å². The number of likely N-dealkylation sites (tertiary alicyclic amines) is 1. The summed E-state index contributed by atoms with van der Waals surface area (Å²) in [6, 6.07) is 5.80. The summed E-state index contributed by atoms with van der Waals surface area (Å²) in [7, 11) is 0. The van der Waals surface area contributed by atoms with Gasteiger partial charge >= 0.3 is 0 Å². The number of aryl methyl sites for hydroxylation is 1. The van der Waals surface area contributed by atoms with Crippen LogP contribution >= 0.6 is 11.6 Å². The number of halogens is 1. The van der Waals surface area contributed by atoms with Crippen LogP contribution in [0.4, 0.5) is 0 Å². The molecule has 1 aliphatic heterocycles. The Morgan fingerprint density at radius 1 is 1.39 bits per heavy atom. The van der Waals surface area contributed by atoms with E-state index in [-0.39, 0.29) is 11.9 Å². The van der Waals surface area contributed by atoms with E-state index in [1.54, 1.807) is 6.07 Å². The molecule has 3 rings (SSSR count). The zero-order chi connectivity index (χ0) is 16.4. The lowest BCUT2D eigenvalue weighted by Gasteiger charge is -2.31. The predicted molar refractivity (Wildman–Crippen MR) is 93.2 cm³/mol. The maximum atomic E-state index is 12.6. The fourth-order valence-electron chi connectivity index (χ4n) is 3.29. The van der Waals surface area contributed by atoms with Gasteiger partial charge in [0.15, 0.2) is 11.3 Å². The molecule has 0 saturated carbocycles. The Kier molecular flexibility index (Phi) is 4.93. The van der Waals surface area contributed by atoms with Gasteiger partial charge in [-0.2, -0.15) is 0 Å². The molecule has 1 fully saturated rings. The van der Waals surface area contributed by atoms with Gasteiger partial charge in [-0.25, -0.2) is 0 Å². The number of carbonyl (C=O) groups is 1. The van der Waals surface area contributed by atoms with Crippen molar-refractivity contribution >= 4 is 28.5 Å². The lowest BCUT2D eigenvalue weighted by Crippen LogP contribution is -2.44. The maximum Gasteiger partial charge on any atom is 0.287 e. The van der Waals surface area contributed by atoms with Crippen LogP contribution in [0.5, 0.6) is 0 Å². The summed E-state index contributed by atoms with van der Waals surface area (Å²) in [6.07, 6.45) is 3.16. The Hall–Kier alpha value is -1.52. The van der Waals surface area contributed by atoms with Crippen LogP contribution in [-0.2, 0) is 0 Å². The van der Waals surface area contributed by atoms with Crippen LogP contribution in [0.3, 0.4) is 0 Å². The number of fused-ring (bicyclic) bond motifs is 1. The highest BCUT2D eigenvalue weighted by molar-refractivity contribution is 6.35. The highest BCUT2D eigenvalue weighted by Gasteiger charge is 2.24. The van der Waals surface area contributed by atoms with Crippen LogP contribution in [0.15, 0.2) is 22.6 Å². The first kappa shape index (κ1) is 16.3. The number of para-hydroxylation sites is 1. The fraction of sp³-hybridized carbons (Fsp3) is 0.500. The van der Waals surface area contributed by atoms with Gasteiger partial charge in [0, 0.05) is 30.1 Å². The average Bonchev–Trinajstić information content (AvgIpc) is 2.88. The standard InChI is InChI=1S/C18H23ClN2O2/c1-3-9-21-10-7-13(8-11-21)20-18(22)16-12(2)14-5-4-6-15(19)17(14)23-16/h4-6,13H,3,7-11H2,1-2H3,(H,20,22). The molecule has 2 heterocycles. The van der Waals surface area contributed by atoms with E-state index in [1.807, 2.05) is 19.1 Å². The molecular weight excluding hydrogens is 312 g/mol. The third kappa shape index (κ3) is 3.38. The van der Waals surface area contributed by atoms with Gasteiger partial charge in [0.2, 0.25) is 0 Å². The molecule has 1 saturated heterocycles. The van der Waals surface area contributed by atoms with E-state index < -0.39 is 0 Å². The molecule has 0 spiro atoms. The summed E-state index contributed by atoms with van der Waals surface area (Å²) in [5, 5.41) is 4.56. The van der Waals surface area contributed by atoms with Crippen molar-refractivity contribution in [3.05, 3.63) is 34.5 Å². The Morgan fingerprint density at radius 3 is 2.78 bits per heavy atom. The predicted octanol–water partition coefficient (Wildman–Crippen LogP) is 4.00. The Morgan fingerprint density at radius 2 is 2.13 bits per heavy atom. The van der Waals surface area contributed by atoms with E-state index in [9.17, 15) is 4.79 Å². The van der Waals surface area contributed by atoms with Gasteiger partial charge in [-0.15, -0.1) is 0 Å². The van der Waals surface area contributed by atoms with Crippen molar-refractivity contribution in [2.45, 2.75) is 39.2 Å². The molecule has 2 aromatic rings. The third-order valence-corrected chi connectivity index (χ3v) is 4.88. The van der Waals surface area contributed by atoms with E-state index in [4.69, 9.17) is 16.0 Å². The van der Waals surface area contributed by atoms with Crippen molar-refractivity contribution in [3.63, 3.8) is 0 Å². The minimum Gasteiger partial charge on any atom is -0.449 e. The second-order valence-electron chi connectivity index (χ2n) is 6.26. The number of amides is 1. The Labute approximate surface area is 141 Å². The monoisotopic (exact) mass is 334 g/mol. The molecule has 1 N–H and O–H groups in total. The largest absolute Gasteiger partial charge is 0.449 e. The van der Waals surface area contributed by atoms with Crippen molar-refractivity contribution < 1.29 is 9.21 Å². The highest BCUT2D eigenvalue weighted by atomic mass is 35.5. The molecule has 0 atom stereocenters. The van der Waals surface area contributed by atoms with E-state index >= 15 is 0 Å². The lowest BCUT2D eigenvalue weighted by molar-refractivity contribution is 0.0884. The molecule has 0 unspecified atom stereocenters. The van der Waals surface area contributed by atoms with E-state index in [1.165, 1.54) is 6.42 Å². The fourth-order valence-corrected chi connectivity index (χ4v) is 3.51. The second-order valence-corrected chi connectivity index (χ2v) is 6.67. The molecular formula is C18H23ClN2O2. The molecule has 4 nitrogen and oxygen atoms in total. The summed E-state index contributed by atoms with van der Waals surface area (Å²) in [6.45, 7) is 7.33. The van der Waals surface area contributed by atoms with Crippen molar-refractivity contribution in [1.29, 1.82) is 0 Å². The van der Waals surface area contributed by atoms with E-state index in [0.29, 0.717) is 16.4 Å².